The molecule has 1 nitrogen and oxygen atoms in total. The molecule has 0 heterocycles. The lowest BCUT2D eigenvalue weighted by molar-refractivity contribution is -0.137. The molecule has 0 aliphatic carbocycles. The Morgan fingerprint density at radius 3 is 2.25 bits per heavy atom. The maximum atomic E-state index is 12.4. The van der Waals surface area contributed by atoms with E-state index in [0.29, 0.717) is 0 Å². The van der Waals surface area contributed by atoms with E-state index < -0.39 is 22.5 Å². The van der Waals surface area contributed by atoms with Crippen LogP contribution in [0.15, 0.2) is 12.1 Å². The zero-order chi connectivity index (χ0) is 12.5. The van der Waals surface area contributed by atoms with Crippen molar-refractivity contribution < 1.29 is 18.0 Å². The molecule has 16 heavy (non-hydrogen) atoms. The Hall–Kier alpha value is -0.260. The molecular formula is C9H4BrCl2F3O. The van der Waals surface area contributed by atoms with Crippen LogP contribution in [0.5, 0.6) is 0 Å². The fourth-order valence-electron chi connectivity index (χ4n) is 1.06. The van der Waals surface area contributed by atoms with Crippen molar-refractivity contribution in [1.29, 1.82) is 0 Å². The molecular weight excluding hydrogens is 332 g/mol. The average molecular weight is 336 g/mol. The Morgan fingerprint density at radius 1 is 1.25 bits per heavy atom. The van der Waals surface area contributed by atoms with E-state index in [1.807, 2.05) is 0 Å². The molecule has 1 aromatic carbocycles. The summed E-state index contributed by atoms with van der Waals surface area (Å²) in [6.45, 7) is 0. The molecule has 0 bridgehead atoms. The summed E-state index contributed by atoms with van der Waals surface area (Å²) < 4.78 is 37.2. The molecule has 0 aliphatic heterocycles. The number of hydrogen-bond acceptors (Lipinski definition) is 1. The van der Waals surface area contributed by atoms with Crippen LogP contribution in [0.2, 0.25) is 10.0 Å². The molecule has 7 heteroatoms. The first-order valence-electron chi connectivity index (χ1n) is 3.93. The van der Waals surface area contributed by atoms with Crippen LogP contribution in [0, 0.1) is 0 Å². The Bertz CT molecular complexity index is 431. The molecule has 0 atom stereocenters. The molecule has 0 N–H and O–H groups in total. The maximum Gasteiger partial charge on any atom is 0.417 e. The van der Waals surface area contributed by atoms with E-state index in [1.54, 1.807) is 0 Å². The summed E-state index contributed by atoms with van der Waals surface area (Å²) in [6.07, 6.45) is -4.59. The number of carbonyl (C=O) groups is 1. The van der Waals surface area contributed by atoms with E-state index in [2.05, 4.69) is 15.9 Å². The van der Waals surface area contributed by atoms with E-state index in [1.165, 1.54) is 0 Å². The molecule has 1 rings (SSSR count). The van der Waals surface area contributed by atoms with Gasteiger partial charge in [0.2, 0.25) is 0 Å². The minimum Gasteiger partial charge on any atom is -0.293 e. The van der Waals surface area contributed by atoms with Gasteiger partial charge in [-0.05, 0) is 12.1 Å². The third-order valence-electron chi connectivity index (χ3n) is 1.81. The van der Waals surface area contributed by atoms with Gasteiger partial charge >= 0.3 is 6.18 Å². The van der Waals surface area contributed by atoms with Gasteiger partial charge in [-0.15, -0.1) is 0 Å². The average Bonchev–Trinajstić information content (AvgIpc) is 2.19. The molecule has 0 saturated heterocycles. The molecule has 0 saturated carbocycles. The second-order valence-electron chi connectivity index (χ2n) is 2.84. The Labute approximate surface area is 108 Å². The van der Waals surface area contributed by atoms with E-state index in [9.17, 15) is 18.0 Å². The van der Waals surface area contributed by atoms with E-state index >= 15 is 0 Å². The molecule has 1 aromatic rings. The molecule has 0 unspecified atom stereocenters. The van der Waals surface area contributed by atoms with Crippen molar-refractivity contribution in [2.45, 2.75) is 6.18 Å². The van der Waals surface area contributed by atoms with Gasteiger partial charge in [0.1, 0.15) is 0 Å². The zero-order valence-corrected chi connectivity index (χ0v) is 10.6. The Morgan fingerprint density at radius 2 is 1.81 bits per heavy atom. The van der Waals surface area contributed by atoms with Gasteiger partial charge in [-0.1, -0.05) is 39.1 Å². The number of alkyl halides is 4. The molecule has 0 amide bonds. The lowest BCUT2D eigenvalue weighted by Gasteiger charge is -2.11. The molecule has 0 aliphatic rings. The molecule has 88 valence electrons. The number of halogens is 6. The van der Waals surface area contributed by atoms with Crippen molar-refractivity contribution in [3.8, 4) is 0 Å². The topological polar surface area (TPSA) is 17.1 Å². The van der Waals surface area contributed by atoms with Gasteiger partial charge in [-0.2, -0.15) is 13.2 Å². The number of hydrogen-bond donors (Lipinski definition) is 0. The maximum absolute atomic E-state index is 12.4. The van der Waals surface area contributed by atoms with E-state index in [4.69, 9.17) is 23.2 Å². The van der Waals surface area contributed by atoms with Crippen LogP contribution >= 0.6 is 39.1 Å². The minimum absolute atomic E-state index is 0.0310. The molecule has 0 radical (unpaired) electrons. The minimum atomic E-state index is -4.59. The van der Waals surface area contributed by atoms with Crippen LogP contribution in [0.1, 0.15) is 15.9 Å². The third-order valence-corrected chi connectivity index (χ3v) is 3.20. The SMILES string of the molecule is O=C(CBr)c1ccc(C(F)(F)F)c(Cl)c1Cl. The largest absolute Gasteiger partial charge is 0.417 e. The van der Waals surface area contributed by atoms with Crippen molar-refractivity contribution in [2.75, 3.05) is 5.33 Å². The van der Waals surface area contributed by atoms with Crippen molar-refractivity contribution in [3.05, 3.63) is 33.3 Å². The lowest BCUT2D eigenvalue weighted by Crippen LogP contribution is -2.09. The van der Waals surface area contributed by atoms with Gasteiger partial charge in [-0.3, -0.25) is 4.79 Å². The van der Waals surface area contributed by atoms with Gasteiger partial charge in [-0.25, -0.2) is 0 Å². The number of carbonyl (C=O) groups excluding carboxylic acids is 1. The van der Waals surface area contributed by atoms with Gasteiger partial charge in [0, 0.05) is 5.56 Å². The summed E-state index contributed by atoms with van der Waals surface area (Å²) in [5, 5.41) is -1.06. The van der Waals surface area contributed by atoms with Crippen LogP contribution in [0.25, 0.3) is 0 Å². The highest BCUT2D eigenvalue weighted by atomic mass is 79.9. The second-order valence-corrected chi connectivity index (χ2v) is 4.16. The van der Waals surface area contributed by atoms with Crippen LogP contribution in [-0.2, 0) is 6.18 Å². The number of benzene rings is 1. The Kier molecular flexibility index (Phi) is 4.26. The lowest BCUT2D eigenvalue weighted by atomic mass is 10.1. The highest BCUT2D eigenvalue weighted by molar-refractivity contribution is 9.09. The smallest absolute Gasteiger partial charge is 0.293 e. The van der Waals surface area contributed by atoms with Crippen LogP contribution in [-0.4, -0.2) is 11.1 Å². The van der Waals surface area contributed by atoms with Crippen molar-refractivity contribution in [1.82, 2.24) is 0 Å². The van der Waals surface area contributed by atoms with Crippen LogP contribution in [0.4, 0.5) is 13.2 Å². The first-order chi connectivity index (χ1) is 7.29. The first-order valence-corrected chi connectivity index (χ1v) is 5.81. The highest BCUT2D eigenvalue weighted by Gasteiger charge is 2.34. The quantitative estimate of drug-likeness (QED) is 0.570. The summed E-state index contributed by atoms with van der Waals surface area (Å²) in [5.74, 6) is -0.430. The van der Waals surface area contributed by atoms with Crippen molar-refractivity contribution in [3.63, 3.8) is 0 Å². The van der Waals surface area contributed by atoms with Gasteiger partial charge < -0.3 is 0 Å². The van der Waals surface area contributed by atoms with Crippen LogP contribution in [0.3, 0.4) is 0 Å². The molecule has 0 fully saturated rings. The standard InChI is InChI=1S/C9H4BrCl2F3O/c10-3-6(16)4-1-2-5(9(13,14)15)8(12)7(4)11/h1-2H,3H2. The van der Waals surface area contributed by atoms with Gasteiger partial charge in [0.15, 0.2) is 5.78 Å². The monoisotopic (exact) mass is 334 g/mol. The Balaban J connectivity index is 3.35. The van der Waals surface area contributed by atoms with E-state index in [0.717, 1.165) is 12.1 Å². The normalized spacial score (nSPS) is 11.6. The summed E-state index contributed by atoms with van der Waals surface area (Å²) in [6, 6.07) is 1.75. The van der Waals surface area contributed by atoms with Crippen molar-refractivity contribution >= 4 is 44.9 Å². The summed E-state index contributed by atoms with van der Waals surface area (Å²) in [4.78, 5) is 11.3. The van der Waals surface area contributed by atoms with Crippen molar-refractivity contribution in [2.24, 2.45) is 0 Å². The number of Topliss-reactive ketones (excluding diaryl/α,β-unsaturated/α-hetero) is 1. The summed E-state index contributed by atoms with van der Waals surface area (Å²) >= 11 is 14.0. The van der Waals surface area contributed by atoms with Crippen LogP contribution < -0.4 is 0 Å². The molecule has 0 spiro atoms. The second kappa shape index (κ2) is 4.94. The number of ketones is 1. The number of rotatable bonds is 2. The summed E-state index contributed by atoms with van der Waals surface area (Å²) in [5.41, 5.74) is -1.08. The van der Waals surface area contributed by atoms with Gasteiger partial charge in [0.05, 0.1) is 20.9 Å². The first kappa shape index (κ1) is 13.8. The fourth-order valence-corrected chi connectivity index (χ4v) is 1.90. The van der Waals surface area contributed by atoms with Gasteiger partial charge in [0.25, 0.3) is 0 Å². The summed E-state index contributed by atoms with van der Waals surface area (Å²) in [7, 11) is 0. The third kappa shape index (κ3) is 2.70. The van der Waals surface area contributed by atoms with E-state index in [-0.39, 0.29) is 15.9 Å². The fraction of sp³-hybridized carbons (Fsp3) is 0.222. The zero-order valence-electron chi connectivity index (χ0n) is 7.54. The highest BCUT2D eigenvalue weighted by Crippen LogP contribution is 2.39. The predicted molar refractivity (Wildman–Crippen MR) is 59.6 cm³/mol. The molecule has 0 aromatic heterocycles. The predicted octanol–water partition coefficient (Wildman–Crippen LogP) is 4.59.